The van der Waals surface area contributed by atoms with Crippen LogP contribution in [0.15, 0.2) is 41.7 Å². The molecule has 0 radical (unpaired) electrons. The molecule has 1 unspecified atom stereocenters. The second kappa shape index (κ2) is 5.68. The lowest BCUT2D eigenvalue weighted by atomic mass is 10.2. The minimum Gasteiger partial charge on any atom is -0.443 e. The summed E-state index contributed by atoms with van der Waals surface area (Å²) >= 11 is 1.66. The van der Waals surface area contributed by atoms with Gasteiger partial charge in [0.05, 0.1) is 18.4 Å². The van der Waals surface area contributed by atoms with Crippen molar-refractivity contribution in [3.05, 3.63) is 36.5 Å². The van der Waals surface area contributed by atoms with Crippen LogP contribution >= 0.6 is 11.8 Å². The van der Waals surface area contributed by atoms with Crippen molar-refractivity contribution in [2.45, 2.75) is 30.1 Å². The van der Waals surface area contributed by atoms with E-state index in [-0.39, 0.29) is 12.2 Å². The topological polar surface area (TPSA) is 56.2 Å². The van der Waals surface area contributed by atoms with Gasteiger partial charge in [0.1, 0.15) is 6.10 Å². The SMILES string of the molecule is O=C1NCC(CSc2ncc(-c3ccccc3)n2C2CC2)O1. The predicted molar refractivity (Wildman–Crippen MR) is 84.9 cm³/mol. The Balaban J connectivity index is 1.55. The van der Waals surface area contributed by atoms with Crippen LogP contribution in [0.5, 0.6) is 0 Å². The van der Waals surface area contributed by atoms with Crippen LogP contribution in [0.25, 0.3) is 11.3 Å². The van der Waals surface area contributed by atoms with Crippen LogP contribution in [0.4, 0.5) is 4.79 Å². The van der Waals surface area contributed by atoms with Crippen LogP contribution in [-0.2, 0) is 4.74 Å². The van der Waals surface area contributed by atoms with E-state index in [2.05, 4.69) is 39.1 Å². The predicted octanol–water partition coefficient (Wildman–Crippen LogP) is 3.09. The number of alkyl carbamates (subject to hydrolysis) is 1. The Kier molecular flexibility index (Phi) is 3.54. The lowest BCUT2D eigenvalue weighted by molar-refractivity contribution is 0.150. The summed E-state index contributed by atoms with van der Waals surface area (Å²) in [7, 11) is 0. The zero-order valence-corrected chi connectivity index (χ0v) is 12.9. The molecular weight excluding hydrogens is 298 g/mol. The van der Waals surface area contributed by atoms with E-state index in [1.165, 1.54) is 24.1 Å². The summed E-state index contributed by atoms with van der Waals surface area (Å²) in [5.74, 6) is 0.733. The Labute approximate surface area is 133 Å². The van der Waals surface area contributed by atoms with Crippen molar-refractivity contribution < 1.29 is 9.53 Å². The second-order valence-electron chi connectivity index (χ2n) is 5.61. The first-order valence-electron chi connectivity index (χ1n) is 7.51. The number of thioether (sulfide) groups is 1. The van der Waals surface area contributed by atoms with Crippen LogP contribution in [-0.4, -0.2) is 34.0 Å². The number of nitrogens with zero attached hydrogens (tertiary/aromatic N) is 2. The number of nitrogens with one attached hydrogen (secondary N) is 1. The molecule has 2 fully saturated rings. The Morgan fingerprint density at radius 2 is 2.14 bits per heavy atom. The lowest BCUT2D eigenvalue weighted by Gasteiger charge is -2.12. The maximum atomic E-state index is 11.1. The summed E-state index contributed by atoms with van der Waals surface area (Å²) in [5.41, 5.74) is 2.37. The number of carbonyl (C=O) groups is 1. The number of aromatic nitrogens is 2. The number of imidazole rings is 1. The number of hydrogen-bond acceptors (Lipinski definition) is 4. The highest BCUT2D eigenvalue weighted by molar-refractivity contribution is 7.99. The number of hydrogen-bond donors (Lipinski definition) is 1. The molecular formula is C16H17N3O2S. The minimum absolute atomic E-state index is 0.0676. The molecule has 1 aliphatic carbocycles. The molecule has 1 saturated heterocycles. The van der Waals surface area contributed by atoms with Gasteiger partial charge in [0.2, 0.25) is 0 Å². The zero-order valence-electron chi connectivity index (χ0n) is 12.1. The molecule has 1 aromatic carbocycles. The van der Waals surface area contributed by atoms with E-state index >= 15 is 0 Å². The smallest absolute Gasteiger partial charge is 0.407 e. The fraction of sp³-hybridized carbons (Fsp3) is 0.375. The molecule has 6 heteroatoms. The third kappa shape index (κ3) is 2.70. The molecule has 4 rings (SSSR count). The van der Waals surface area contributed by atoms with Gasteiger partial charge in [-0.25, -0.2) is 9.78 Å². The van der Waals surface area contributed by atoms with E-state index in [4.69, 9.17) is 4.74 Å². The summed E-state index contributed by atoms with van der Waals surface area (Å²) in [4.78, 5) is 15.7. The van der Waals surface area contributed by atoms with Gasteiger partial charge in [0, 0.05) is 11.8 Å². The highest BCUT2D eigenvalue weighted by Gasteiger charge is 2.30. The molecule has 0 bridgehead atoms. The van der Waals surface area contributed by atoms with Crippen molar-refractivity contribution >= 4 is 17.9 Å². The quantitative estimate of drug-likeness (QED) is 0.862. The van der Waals surface area contributed by atoms with Gasteiger partial charge in [-0.1, -0.05) is 42.1 Å². The zero-order chi connectivity index (χ0) is 14.9. The molecule has 1 aromatic heterocycles. The maximum Gasteiger partial charge on any atom is 0.407 e. The fourth-order valence-electron chi connectivity index (χ4n) is 2.65. The van der Waals surface area contributed by atoms with E-state index in [0.717, 1.165) is 10.9 Å². The van der Waals surface area contributed by atoms with E-state index in [1.807, 2.05) is 12.3 Å². The molecule has 114 valence electrons. The van der Waals surface area contributed by atoms with Crippen LogP contribution in [0.1, 0.15) is 18.9 Å². The largest absolute Gasteiger partial charge is 0.443 e. The van der Waals surface area contributed by atoms with Gasteiger partial charge in [-0.3, -0.25) is 0 Å². The van der Waals surface area contributed by atoms with Gasteiger partial charge >= 0.3 is 6.09 Å². The highest BCUT2D eigenvalue weighted by atomic mass is 32.2. The summed E-state index contributed by atoms with van der Waals surface area (Å²) in [6, 6.07) is 10.9. The first-order valence-corrected chi connectivity index (χ1v) is 8.50. The molecule has 1 atom stereocenters. The van der Waals surface area contributed by atoms with Gasteiger partial charge in [0.15, 0.2) is 5.16 Å². The average Bonchev–Trinajstić information content (AvgIpc) is 3.16. The Morgan fingerprint density at radius 1 is 1.32 bits per heavy atom. The minimum atomic E-state index is -0.318. The molecule has 1 N–H and O–H groups in total. The number of rotatable bonds is 5. The van der Waals surface area contributed by atoms with Gasteiger partial charge < -0.3 is 14.6 Å². The van der Waals surface area contributed by atoms with Crippen LogP contribution in [0.3, 0.4) is 0 Å². The third-order valence-corrected chi connectivity index (χ3v) is 4.99. The van der Waals surface area contributed by atoms with Crippen molar-refractivity contribution in [3.8, 4) is 11.3 Å². The second-order valence-corrected chi connectivity index (χ2v) is 6.60. The first-order chi connectivity index (χ1) is 10.8. The number of ether oxygens (including phenoxy) is 1. The monoisotopic (exact) mass is 315 g/mol. The van der Waals surface area contributed by atoms with Crippen LogP contribution in [0, 0.1) is 0 Å². The Hall–Kier alpha value is -1.95. The van der Waals surface area contributed by atoms with E-state index < -0.39 is 0 Å². The molecule has 1 aliphatic heterocycles. The molecule has 1 amide bonds. The normalized spacial score (nSPS) is 20.7. The van der Waals surface area contributed by atoms with E-state index in [0.29, 0.717) is 12.6 Å². The van der Waals surface area contributed by atoms with Crippen LogP contribution in [0.2, 0.25) is 0 Å². The molecule has 0 spiro atoms. The standard InChI is InChI=1S/C16H17N3O2S/c20-16-18-8-13(21-16)10-22-15-17-9-14(19(15)12-6-7-12)11-4-2-1-3-5-11/h1-5,9,12-13H,6-8,10H2,(H,18,20). The van der Waals surface area contributed by atoms with Crippen molar-refractivity contribution in [2.75, 3.05) is 12.3 Å². The molecule has 2 aromatic rings. The summed E-state index contributed by atoms with van der Waals surface area (Å²) in [6.07, 6.45) is 3.99. The molecule has 2 aliphatic rings. The van der Waals surface area contributed by atoms with Gasteiger partial charge in [-0.15, -0.1) is 0 Å². The van der Waals surface area contributed by atoms with Crippen LogP contribution < -0.4 is 5.32 Å². The van der Waals surface area contributed by atoms with Gasteiger partial charge in [-0.2, -0.15) is 0 Å². The molecule has 22 heavy (non-hydrogen) atoms. The summed E-state index contributed by atoms with van der Waals surface area (Å²) in [6.45, 7) is 0.585. The fourth-order valence-corrected chi connectivity index (χ4v) is 3.69. The van der Waals surface area contributed by atoms with Crippen molar-refractivity contribution in [3.63, 3.8) is 0 Å². The number of benzene rings is 1. The average molecular weight is 315 g/mol. The number of carbonyl (C=O) groups excluding carboxylic acids is 1. The van der Waals surface area contributed by atoms with Crippen molar-refractivity contribution in [1.29, 1.82) is 0 Å². The van der Waals surface area contributed by atoms with Gasteiger partial charge in [0.25, 0.3) is 0 Å². The summed E-state index contributed by atoms with van der Waals surface area (Å²) in [5, 5.41) is 3.70. The van der Waals surface area contributed by atoms with Crippen molar-refractivity contribution in [2.24, 2.45) is 0 Å². The maximum absolute atomic E-state index is 11.1. The number of cyclic esters (lactones) is 1. The Morgan fingerprint density at radius 3 is 2.82 bits per heavy atom. The molecule has 1 saturated carbocycles. The Bertz CT molecular complexity index is 682. The molecule has 2 heterocycles. The summed E-state index contributed by atoms with van der Waals surface area (Å²) < 4.78 is 7.52. The first kappa shape index (κ1) is 13.7. The van der Waals surface area contributed by atoms with Crippen molar-refractivity contribution in [1.82, 2.24) is 14.9 Å². The third-order valence-electron chi connectivity index (χ3n) is 3.89. The number of amides is 1. The molecule has 5 nitrogen and oxygen atoms in total. The lowest BCUT2D eigenvalue weighted by Crippen LogP contribution is -2.17. The van der Waals surface area contributed by atoms with Gasteiger partial charge in [-0.05, 0) is 18.4 Å². The highest BCUT2D eigenvalue weighted by Crippen LogP contribution is 2.42. The van der Waals surface area contributed by atoms with E-state index in [9.17, 15) is 4.79 Å². The van der Waals surface area contributed by atoms with E-state index in [1.54, 1.807) is 11.8 Å².